The van der Waals surface area contributed by atoms with Crippen LogP contribution in [0.15, 0.2) is 76.7 Å². The first-order valence-corrected chi connectivity index (χ1v) is 11.4. The van der Waals surface area contributed by atoms with Gasteiger partial charge in [-0.25, -0.2) is 4.98 Å². The van der Waals surface area contributed by atoms with Crippen LogP contribution in [-0.2, 0) is 4.79 Å². The quantitative estimate of drug-likeness (QED) is 0.330. The highest BCUT2D eigenvalue weighted by molar-refractivity contribution is 8.00. The van der Waals surface area contributed by atoms with Crippen molar-refractivity contribution in [3.8, 4) is 5.69 Å². The minimum atomic E-state index is -0.461. The fraction of sp³-hybridized carbons (Fsp3) is 0.192. The summed E-state index contributed by atoms with van der Waals surface area (Å²) in [4.78, 5) is 31.2. The Hall–Kier alpha value is -3.38. The maximum atomic E-state index is 13.4. The zero-order chi connectivity index (χ0) is 22.8. The Bertz CT molecular complexity index is 1360. The van der Waals surface area contributed by atoms with Crippen molar-refractivity contribution in [2.45, 2.75) is 38.1 Å². The number of nitrogens with zero attached hydrogens (tertiary/aromatic N) is 2. The lowest BCUT2D eigenvalue weighted by Gasteiger charge is -2.18. The van der Waals surface area contributed by atoms with E-state index in [9.17, 15) is 9.59 Å². The van der Waals surface area contributed by atoms with Crippen molar-refractivity contribution in [1.82, 2.24) is 9.55 Å². The monoisotopic (exact) mass is 443 g/mol. The summed E-state index contributed by atoms with van der Waals surface area (Å²) in [6, 6.07) is 20.9. The minimum Gasteiger partial charge on any atom is -0.325 e. The molecule has 1 unspecified atom stereocenters. The van der Waals surface area contributed by atoms with E-state index in [-0.39, 0.29) is 11.5 Å². The number of carbonyl (C=O) groups is 1. The first kappa shape index (κ1) is 21.8. The summed E-state index contributed by atoms with van der Waals surface area (Å²) >= 11 is 1.28. The molecule has 0 aliphatic rings. The summed E-state index contributed by atoms with van der Waals surface area (Å²) in [5.41, 5.74) is 5.05. The van der Waals surface area contributed by atoms with Crippen LogP contribution in [0.25, 0.3) is 16.6 Å². The third kappa shape index (κ3) is 4.18. The van der Waals surface area contributed by atoms with Crippen LogP contribution in [0.2, 0.25) is 0 Å². The van der Waals surface area contributed by atoms with E-state index in [1.54, 1.807) is 10.6 Å². The highest BCUT2D eigenvalue weighted by atomic mass is 32.2. The number of anilines is 1. The van der Waals surface area contributed by atoms with Crippen molar-refractivity contribution in [1.29, 1.82) is 0 Å². The number of rotatable bonds is 5. The summed E-state index contributed by atoms with van der Waals surface area (Å²) in [5.74, 6) is -0.133. The molecule has 3 aromatic carbocycles. The maximum absolute atomic E-state index is 13.4. The van der Waals surface area contributed by atoms with Crippen LogP contribution in [0.5, 0.6) is 0 Å². The van der Waals surface area contributed by atoms with Gasteiger partial charge in [0.15, 0.2) is 5.16 Å². The van der Waals surface area contributed by atoms with Crippen LogP contribution in [0.1, 0.15) is 23.6 Å². The van der Waals surface area contributed by atoms with Crippen LogP contribution < -0.4 is 10.9 Å². The van der Waals surface area contributed by atoms with Crippen molar-refractivity contribution < 1.29 is 4.79 Å². The van der Waals surface area contributed by atoms with Crippen molar-refractivity contribution >= 4 is 34.3 Å². The van der Waals surface area contributed by atoms with Gasteiger partial charge in [0.25, 0.3) is 5.56 Å². The summed E-state index contributed by atoms with van der Waals surface area (Å²) in [6.45, 7) is 7.74. The second kappa shape index (κ2) is 9.01. The largest absolute Gasteiger partial charge is 0.325 e. The summed E-state index contributed by atoms with van der Waals surface area (Å²) < 4.78 is 1.62. The Balaban J connectivity index is 1.75. The van der Waals surface area contributed by atoms with Gasteiger partial charge in [0.05, 0.1) is 21.8 Å². The molecule has 1 atom stereocenters. The number of thioether (sulfide) groups is 1. The number of aromatic nitrogens is 2. The minimum absolute atomic E-state index is 0.133. The lowest BCUT2D eigenvalue weighted by molar-refractivity contribution is -0.115. The third-order valence-electron chi connectivity index (χ3n) is 5.48. The van der Waals surface area contributed by atoms with Gasteiger partial charge in [0, 0.05) is 5.69 Å². The van der Waals surface area contributed by atoms with Crippen molar-refractivity contribution in [3.05, 3.63) is 93.8 Å². The molecule has 162 valence electrons. The van der Waals surface area contributed by atoms with Gasteiger partial charge in [-0.3, -0.25) is 14.2 Å². The lowest BCUT2D eigenvalue weighted by atomic mass is 10.1. The van der Waals surface area contributed by atoms with Gasteiger partial charge >= 0.3 is 0 Å². The molecule has 6 heteroatoms. The molecular formula is C26H25N3O2S. The Kier molecular flexibility index (Phi) is 6.15. The Labute approximate surface area is 191 Å². The maximum Gasteiger partial charge on any atom is 0.266 e. The predicted octanol–water partition coefficient (Wildman–Crippen LogP) is 5.43. The van der Waals surface area contributed by atoms with Crippen molar-refractivity contribution in [3.63, 3.8) is 0 Å². The van der Waals surface area contributed by atoms with Crippen LogP contribution in [0.3, 0.4) is 0 Å². The molecule has 0 aliphatic heterocycles. The number of amides is 1. The molecule has 1 N–H and O–H groups in total. The van der Waals surface area contributed by atoms with Gasteiger partial charge in [-0.1, -0.05) is 60.3 Å². The first-order chi connectivity index (χ1) is 15.4. The van der Waals surface area contributed by atoms with E-state index in [0.29, 0.717) is 16.1 Å². The number of fused-ring (bicyclic) bond motifs is 1. The van der Waals surface area contributed by atoms with Crippen molar-refractivity contribution in [2.75, 3.05) is 5.32 Å². The molecule has 0 spiro atoms. The molecule has 32 heavy (non-hydrogen) atoms. The Morgan fingerprint density at radius 3 is 2.25 bits per heavy atom. The summed E-state index contributed by atoms with van der Waals surface area (Å²) in [5, 5.41) is 3.63. The number of hydrogen-bond acceptors (Lipinski definition) is 4. The predicted molar refractivity (Wildman–Crippen MR) is 132 cm³/mol. The fourth-order valence-corrected chi connectivity index (χ4v) is 4.59. The molecule has 4 aromatic rings. The van der Waals surface area contributed by atoms with Gasteiger partial charge in [-0.15, -0.1) is 0 Å². The first-order valence-electron chi connectivity index (χ1n) is 10.5. The zero-order valence-corrected chi connectivity index (χ0v) is 19.4. The Morgan fingerprint density at radius 1 is 0.906 bits per heavy atom. The molecule has 0 saturated heterocycles. The van der Waals surface area contributed by atoms with Crippen LogP contribution in [0, 0.1) is 20.8 Å². The Morgan fingerprint density at radius 2 is 1.53 bits per heavy atom. The molecule has 0 bridgehead atoms. The van der Waals surface area contributed by atoms with E-state index in [2.05, 4.69) is 5.32 Å². The topological polar surface area (TPSA) is 64.0 Å². The molecular weight excluding hydrogens is 418 g/mol. The normalized spacial score (nSPS) is 12.0. The van der Waals surface area contributed by atoms with E-state index >= 15 is 0 Å². The summed E-state index contributed by atoms with van der Waals surface area (Å²) in [6.07, 6.45) is 0. The molecule has 1 heterocycles. The molecule has 1 amide bonds. The number of benzene rings is 3. The summed E-state index contributed by atoms with van der Waals surface area (Å²) in [7, 11) is 0. The van der Waals surface area contributed by atoms with E-state index < -0.39 is 5.25 Å². The molecule has 5 nitrogen and oxygen atoms in total. The highest BCUT2D eigenvalue weighted by Gasteiger charge is 2.21. The molecule has 0 radical (unpaired) electrons. The average molecular weight is 444 g/mol. The van der Waals surface area contributed by atoms with Gasteiger partial charge < -0.3 is 5.32 Å². The standard InChI is InChI=1S/C26H25N3O2S/c1-16-10-5-8-15-22(16)29-25(31)20-13-6-7-14-21(20)27-26(29)32-19(4)24(30)28-23-17(2)11-9-12-18(23)3/h5-15,19H,1-4H3,(H,28,30). The highest BCUT2D eigenvalue weighted by Crippen LogP contribution is 2.28. The lowest BCUT2D eigenvalue weighted by Crippen LogP contribution is -2.27. The fourth-order valence-electron chi connectivity index (χ4n) is 3.67. The molecule has 0 aliphatic carbocycles. The molecule has 0 saturated carbocycles. The number of para-hydroxylation sites is 3. The van der Waals surface area contributed by atoms with Gasteiger partial charge in [-0.05, 0) is 62.6 Å². The van der Waals surface area contributed by atoms with Crippen molar-refractivity contribution in [2.24, 2.45) is 0 Å². The SMILES string of the molecule is Cc1ccccc1-n1c(SC(C)C(=O)Nc2c(C)cccc2C)nc2ccccc2c1=O. The van der Waals surface area contributed by atoms with E-state index in [0.717, 1.165) is 28.1 Å². The molecule has 0 fully saturated rings. The van der Waals surface area contributed by atoms with Crippen LogP contribution in [-0.4, -0.2) is 20.7 Å². The third-order valence-corrected chi connectivity index (χ3v) is 6.53. The molecule has 4 rings (SSSR count). The average Bonchev–Trinajstić information content (AvgIpc) is 2.77. The van der Waals surface area contributed by atoms with Gasteiger partial charge in [-0.2, -0.15) is 0 Å². The zero-order valence-electron chi connectivity index (χ0n) is 18.5. The van der Waals surface area contributed by atoms with Crippen LogP contribution in [0.4, 0.5) is 5.69 Å². The number of hydrogen-bond donors (Lipinski definition) is 1. The molecule has 1 aromatic heterocycles. The van der Waals surface area contributed by atoms with Crippen LogP contribution >= 0.6 is 11.8 Å². The smallest absolute Gasteiger partial charge is 0.266 e. The number of aryl methyl sites for hydroxylation is 3. The van der Waals surface area contributed by atoms with E-state index in [4.69, 9.17) is 4.98 Å². The van der Waals surface area contributed by atoms with E-state index in [1.165, 1.54) is 11.8 Å². The number of carbonyl (C=O) groups excluding carboxylic acids is 1. The van der Waals surface area contributed by atoms with Gasteiger partial charge in [0.1, 0.15) is 0 Å². The van der Waals surface area contributed by atoms with Gasteiger partial charge in [0.2, 0.25) is 5.91 Å². The second-order valence-corrected chi connectivity index (χ2v) is 9.16. The second-order valence-electron chi connectivity index (χ2n) is 7.85. The number of nitrogens with one attached hydrogen (secondary N) is 1. The van der Waals surface area contributed by atoms with E-state index in [1.807, 2.05) is 88.4 Å².